The van der Waals surface area contributed by atoms with Gasteiger partial charge in [-0.1, -0.05) is 19.9 Å². The van der Waals surface area contributed by atoms with E-state index in [2.05, 4.69) is 23.8 Å². The predicted molar refractivity (Wildman–Crippen MR) is 61.2 cm³/mol. The molecule has 78 valence electrons. The molecule has 0 unspecified atom stereocenters. The third-order valence-electron chi connectivity index (χ3n) is 2.65. The monoisotopic (exact) mass is 202 g/mol. The molecule has 0 radical (unpaired) electrons. The van der Waals surface area contributed by atoms with Gasteiger partial charge in [-0.05, 0) is 30.0 Å². The molecular formula is C12H14N2O. The van der Waals surface area contributed by atoms with Gasteiger partial charge in [-0.3, -0.25) is 4.79 Å². The summed E-state index contributed by atoms with van der Waals surface area (Å²) in [7, 11) is 0. The van der Waals surface area contributed by atoms with Crippen LogP contribution in [0.2, 0.25) is 0 Å². The van der Waals surface area contributed by atoms with Gasteiger partial charge in [-0.15, -0.1) is 0 Å². The van der Waals surface area contributed by atoms with Gasteiger partial charge in [0.25, 0.3) is 5.56 Å². The van der Waals surface area contributed by atoms with Crippen molar-refractivity contribution in [3.63, 3.8) is 0 Å². The van der Waals surface area contributed by atoms with Gasteiger partial charge in [0.2, 0.25) is 0 Å². The van der Waals surface area contributed by atoms with Crippen molar-refractivity contribution in [3.8, 4) is 0 Å². The summed E-state index contributed by atoms with van der Waals surface area (Å²) in [6, 6.07) is 3.91. The van der Waals surface area contributed by atoms with Gasteiger partial charge in [-0.2, -0.15) is 0 Å². The number of fused-ring (bicyclic) bond motifs is 1. The molecule has 15 heavy (non-hydrogen) atoms. The second-order valence-electron chi connectivity index (χ2n) is 4.08. The molecule has 0 aliphatic carbocycles. The fourth-order valence-corrected chi connectivity index (χ4v) is 2.04. The first-order valence-corrected chi connectivity index (χ1v) is 5.08. The number of aromatic nitrogens is 2. The minimum absolute atomic E-state index is 0.0487. The number of nitrogens with one attached hydrogen (secondary N) is 1. The van der Waals surface area contributed by atoms with Crippen LogP contribution in [-0.4, -0.2) is 9.97 Å². The molecule has 0 saturated heterocycles. The highest BCUT2D eigenvalue weighted by Crippen LogP contribution is 2.24. The summed E-state index contributed by atoms with van der Waals surface area (Å²) in [6.07, 6.45) is 1.45. The molecule has 0 aliphatic heterocycles. The highest BCUT2D eigenvalue weighted by atomic mass is 16.1. The molecule has 0 amide bonds. The summed E-state index contributed by atoms with van der Waals surface area (Å²) < 4.78 is 0. The minimum Gasteiger partial charge on any atom is -0.313 e. The van der Waals surface area contributed by atoms with E-state index in [9.17, 15) is 4.79 Å². The Hall–Kier alpha value is -1.64. The zero-order chi connectivity index (χ0) is 11.0. The van der Waals surface area contributed by atoms with E-state index in [1.165, 1.54) is 6.33 Å². The smallest absolute Gasteiger partial charge is 0.258 e. The highest BCUT2D eigenvalue weighted by Gasteiger charge is 2.11. The summed E-state index contributed by atoms with van der Waals surface area (Å²) >= 11 is 0. The number of hydrogen-bond acceptors (Lipinski definition) is 2. The molecule has 3 nitrogen and oxygen atoms in total. The van der Waals surface area contributed by atoms with Crippen molar-refractivity contribution >= 4 is 10.9 Å². The van der Waals surface area contributed by atoms with Crippen LogP contribution in [0.3, 0.4) is 0 Å². The van der Waals surface area contributed by atoms with Crippen LogP contribution >= 0.6 is 0 Å². The first kappa shape index (κ1) is 9.90. The first-order chi connectivity index (χ1) is 7.11. The Labute approximate surface area is 88.2 Å². The molecule has 3 heteroatoms. The van der Waals surface area contributed by atoms with Crippen LogP contribution in [0.15, 0.2) is 23.3 Å². The molecule has 1 N–H and O–H groups in total. The second-order valence-corrected chi connectivity index (χ2v) is 4.08. The fourth-order valence-electron chi connectivity index (χ4n) is 2.04. The third-order valence-corrected chi connectivity index (χ3v) is 2.65. The molecule has 0 fully saturated rings. The van der Waals surface area contributed by atoms with E-state index in [1.807, 2.05) is 19.1 Å². The highest BCUT2D eigenvalue weighted by molar-refractivity contribution is 5.82. The fraction of sp³-hybridized carbons (Fsp3) is 0.333. The summed E-state index contributed by atoms with van der Waals surface area (Å²) in [5.41, 5.74) is 2.97. The van der Waals surface area contributed by atoms with Crippen molar-refractivity contribution in [1.82, 2.24) is 9.97 Å². The number of aromatic amines is 1. The lowest BCUT2D eigenvalue weighted by molar-refractivity contribution is 0.863. The first-order valence-electron chi connectivity index (χ1n) is 5.08. The molecule has 0 aliphatic rings. The van der Waals surface area contributed by atoms with Crippen molar-refractivity contribution in [1.29, 1.82) is 0 Å². The van der Waals surface area contributed by atoms with Gasteiger partial charge in [0, 0.05) is 0 Å². The Kier molecular flexibility index (Phi) is 2.31. The molecule has 1 aromatic carbocycles. The number of aryl methyl sites for hydroxylation is 1. The number of benzene rings is 1. The average molecular weight is 202 g/mol. The van der Waals surface area contributed by atoms with Gasteiger partial charge < -0.3 is 4.98 Å². The Bertz CT molecular complexity index is 555. The van der Waals surface area contributed by atoms with Crippen LogP contribution < -0.4 is 5.56 Å². The zero-order valence-electron chi connectivity index (χ0n) is 9.16. The van der Waals surface area contributed by atoms with Gasteiger partial charge in [0.1, 0.15) is 0 Å². The van der Waals surface area contributed by atoms with Gasteiger partial charge >= 0.3 is 0 Å². The van der Waals surface area contributed by atoms with E-state index in [0.29, 0.717) is 5.92 Å². The van der Waals surface area contributed by atoms with Crippen molar-refractivity contribution < 1.29 is 0 Å². The largest absolute Gasteiger partial charge is 0.313 e. The predicted octanol–water partition coefficient (Wildman–Crippen LogP) is 2.35. The zero-order valence-corrected chi connectivity index (χ0v) is 9.16. The minimum atomic E-state index is -0.0487. The molecule has 0 bridgehead atoms. The van der Waals surface area contributed by atoms with Crippen LogP contribution in [0, 0.1) is 6.92 Å². The van der Waals surface area contributed by atoms with Gasteiger partial charge in [-0.25, -0.2) is 4.98 Å². The molecule has 2 aromatic rings. The van der Waals surface area contributed by atoms with Gasteiger partial charge in [0.05, 0.1) is 17.2 Å². The molecule has 2 rings (SSSR count). The maximum atomic E-state index is 11.8. The van der Waals surface area contributed by atoms with Crippen LogP contribution in [0.25, 0.3) is 10.9 Å². The second kappa shape index (κ2) is 3.50. The average Bonchev–Trinajstić information content (AvgIpc) is 2.18. The number of H-pyrrole nitrogens is 1. The molecule has 0 spiro atoms. The summed E-state index contributed by atoms with van der Waals surface area (Å²) in [5, 5.41) is 0.729. The molecule has 0 atom stereocenters. The van der Waals surface area contributed by atoms with Crippen molar-refractivity contribution in [3.05, 3.63) is 39.9 Å². The summed E-state index contributed by atoms with van der Waals surface area (Å²) in [5.74, 6) is 0.332. The van der Waals surface area contributed by atoms with E-state index in [1.54, 1.807) is 0 Å². The van der Waals surface area contributed by atoms with Crippen LogP contribution in [-0.2, 0) is 0 Å². The Balaban J connectivity index is 2.98. The Morgan fingerprint density at radius 3 is 2.73 bits per heavy atom. The lowest BCUT2D eigenvalue weighted by Crippen LogP contribution is -2.10. The van der Waals surface area contributed by atoms with E-state index in [-0.39, 0.29) is 5.56 Å². The van der Waals surface area contributed by atoms with E-state index in [4.69, 9.17) is 0 Å². The standard InChI is InChI=1S/C12H14N2O/c1-7(2)10-8(3)4-5-9-11(10)12(15)14-6-13-9/h4-7H,1-3H3,(H,13,14,15). The lowest BCUT2D eigenvalue weighted by Gasteiger charge is -2.11. The molecule has 0 saturated carbocycles. The van der Waals surface area contributed by atoms with Gasteiger partial charge in [0.15, 0.2) is 0 Å². The summed E-state index contributed by atoms with van der Waals surface area (Å²) in [6.45, 7) is 6.21. The molecule has 1 aromatic heterocycles. The summed E-state index contributed by atoms with van der Waals surface area (Å²) in [4.78, 5) is 18.6. The molecular weight excluding hydrogens is 188 g/mol. The van der Waals surface area contributed by atoms with Crippen molar-refractivity contribution in [2.75, 3.05) is 0 Å². The lowest BCUT2D eigenvalue weighted by atomic mass is 9.94. The Morgan fingerprint density at radius 2 is 2.07 bits per heavy atom. The Morgan fingerprint density at radius 1 is 1.33 bits per heavy atom. The number of rotatable bonds is 1. The topological polar surface area (TPSA) is 45.8 Å². The normalized spacial score (nSPS) is 11.2. The van der Waals surface area contributed by atoms with Crippen LogP contribution in [0.4, 0.5) is 0 Å². The third kappa shape index (κ3) is 1.54. The van der Waals surface area contributed by atoms with E-state index >= 15 is 0 Å². The number of hydrogen-bond donors (Lipinski definition) is 1. The number of nitrogens with zero attached hydrogens (tertiary/aromatic N) is 1. The van der Waals surface area contributed by atoms with E-state index < -0.39 is 0 Å². The quantitative estimate of drug-likeness (QED) is 0.771. The van der Waals surface area contributed by atoms with Crippen LogP contribution in [0.5, 0.6) is 0 Å². The van der Waals surface area contributed by atoms with Crippen molar-refractivity contribution in [2.24, 2.45) is 0 Å². The molecule has 1 heterocycles. The van der Waals surface area contributed by atoms with Crippen molar-refractivity contribution in [2.45, 2.75) is 26.7 Å². The van der Waals surface area contributed by atoms with E-state index in [0.717, 1.165) is 22.0 Å². The maximum absolute atomic E-state index is 11.8. The SMILES string of the molecule is Cc1ccc2nc[nH]c(=O)c2c1C(C)C. The maximum Gasteiger partial charge on any atom is 0.258 e. The van der Waals surface area contributed by atoms with Crippen LogP contribution in [0.1, 0.15) is 30.9 Å².